The molecule has 2 heteroatoms. The highest BCUT2D eigenvalue weighted by molar-refractivity contribution is 5.15. The molecule has 0 bridgehead atoms. The van der Waals surface area contributed by atoms with Gasteiger partial charge in [0.1, 0.15) is 0 Å². The second-order valence-corrected chi connectivity index (χ2v) is 5.31. The van der Waals surface area contributed by atoms with Crippen molar-refractivity contribution in [1.29, 1.82) is 0 Å². The highest BCUT2D eigenvalue weighted by Crippen LogP contribution is 2.49. The third-order valence-corrected chi connectivity index (χ3v) is 3.43. The van der Waals surface area contributed by atoms with Gasteiger partial charge in [-0.3, -0.25) is 0 Å². The van der Waals surface area contributed by atoms with Gasteiger partial charge in [0.2, 0.25) is 0 Å². The van der Waals surface area contributed by atoms with Crippen LogP contribution in [0.2, 0.25) is 0 Å². The molecule has 0 amide bonds. The number of hydrogen-bond donors (Lipinski definition) is 1. The first-order valence-electron chi connectivity index (χ1n) is 4.82. The number of rotatable bonds is 0. The van der Waals surface area contributed by atoms with E-state index in [1.165, 1.54) is 6.42 Å². The summed E-state index contributed by atoms with van der Waals surface area (Å²) in [5.41, 5.74) is 0.335. The minimum Gasteiger partial charge on any atom is -0.368 e. The van der Waals surface area contributed by atoms with E-state index in [4.69, 9.17) is 4.74 Å². The van der Waals surface area contributed by atoms with Gasteiger partial charge in [0.25, 0.3) is 0 Å². The Balaban J connectivity index is 2.25. The van der Waals surface area contributed by atoms with Crippen LogP contribution in [-0.2, 0) is 4.74 Å². The van der Waals surface area contributed by atoms with E-state index in [0.717, 1.165) is 13.0 Å². The van der Waals surface area contributed by atoms with E-state index in [1.807, 2.05) is 0 Å². The zero-order valence-corrected chi connectivity index (χ0v) is 8.53. The average molecular weight is 169 g/mol. The Morgan fingerprint density at radius 2 is 1.75 bits per heavy atom. The fourth-order valence-electron chi connectivity index (χ4n) is 2.86. The minimum atomic E-state index is 0.00868. The van der Waals surface area contributed by atoms with Crippen molar-refractivity contribution >= 4 is 0 Å². The summed E-state index contributed by atoms with van der Waals surface area (Å²) in [6, 6.07) is 0. The summed E-state index contributed by atoms with van der Waals surface area (Å²) in [7, 11) is 0. The van der Waals surface area contributed by atoms with Crippen molar-refractivity contribution in [2.45, 2.75) is 57.3 Å². The summed E-state index contributed by atoms with van der Waals surface area (Å²) in [6.45, 7) is 9.93. The van der Waals surface area contributed by atoms with Crippen molar-refractivity contribution < 1.29 is 4.74 Å². The largest absolute Gasteiger partial charge is 0.368 e. The van der Waals surface area contributed by atoms with Crippen molar-refractivity contribution in [2.75, 3.05) is 6.54 Å². The summed E-state index contributed by atoms with van der Waals surface area (Å²) in [4.78, 5) is 0. The average Bonchev–Trinajstić information content (AvgIpc) is 1.93. The lowest BCUT2D eigenvalue weighted by atomic mass is 9.72. The molecule has 2 aliphatic rings. The normalized spacial score (nSPS) is 43.0. The van der Waals surface area contributed by atoms with Gasteiger partial charge in [-0.05, 0) is 47.1 Å². The Kier molecular flexibility index (Phi) is 1.45. The first-order chi connectivity index (χ1) is 5.37. The van der Waals surface area contributed by atoms with Crippen LogP contribution in [0.15, 0.2) is 0 Å². The maximum atomic E-state index is 6.03. The van der Waals surface area contributed by atoms with Gasteiger partial charge in [-0.1, -0.05) is 0 Å². The molecule has 0 aromatic carbocycles. The van der Waals surface area contributed by atoms with Gasteiger partial charge in [0.15, 0.2) is 0 Å². The lowest BCUT2D eigenvalue weighted by Gasteiger charge is -2.48. The molecule has 2 fully saturated rings. The quantitative estimate of drug-likeness (QED) is 0.596. The molecule has 1 N–H and O–H groups in total. The Labute approximate surface area is 74.7 Å². The molecule has 0 saturated carbocycles. The van der Waals surface area contributed by atoms with Crippen LogP contribution in [0.1, 0.15) is 40.5 Å². The van der Waals surface area contributed by atoms with Crippen molar-refractivity contribution in [3.63, 3.8) is 0 Å². The van der Waals surface area contributed by atoms with Gasteiger partial charge in [-0.25, -0.2) is 0 Å². The first kappa shape index (κ1) is 8.52. The maximum absolute atomic E-state index is 6.03. The second-order valence-electron chi connectivity index (χ2n) is 5.31. The summed E-state index contributed by atoms with van der Waals surface area (Å²) >= 11 is 0. The van der Waals surface area contributed by atoms with Crippen LogP contribution < -0.4 is 5.32 Å². The van der Waals surface area contributed by atoms with E-state index in [1.54, 1.807) is 0 Å². The Bertz CT molecular complexity index is 204. The van der Waals surface area contributed by atoms with Crippen LogP contribution in [0.5, 0.6) is 0 Å². The van der Waals surface area contributed by atoms with E-state index >= 15 is 0 Å². The molecule has 0 aliphatic carbocycles. The van der Waals surface area contributed by atoms with Gasteiger partial charge < -0.3 is 10.1 Å². The zero-order valence-electron chi connectivity index (χ0n) is 8.53. The highest BCUT2D eigenvalue weighted by Gasteiger charge is 2.59. The Morgan fingerprint density at radius 3 is 1.92 bits per heavy atom. The van der Waals surface area contributed by atoms with Gasteiger partial charge in [-0.2, -0.15) is 0 Å². The smallest absolute Gasteiger partial charge is 0.0816 e. The predicted octanol–water partition coefficient (Wildman–Crippen LogP) is 1.70. The molecular formula is C10H19NO. The van der Waals surface area contributed by atoms with Gasteiger partial charge >= 0.3 is 0 Å². The molecule has 2 nitrogen and oxygen atoms in total. The molecule has 2 rings (SSSR count). The first-order valence-corrected chi connectivity index (χ1v) is 4.82. The van der Waals surface area contributed by atoms with Crippen molar-refractivity contribution in [1.82, 2.24) is 5.32 Å². The van der Waals surface area contributed by atoms with Crippen LogP contribution in [0, 0.1) is 0 Å². The molecule has 0 aromatic heterocycles. The van der Waals surface area contributed by atoms with Crippen LogP contribution in [-0.4, -0.2) is 23.3 Å². The summed E-state index contributed by atoms with van der Waals surface area (Å²) < 4.78 is 6.03. The molecule has 2 aliphatic heterocycles. The fraction of sp³-hybridized carbons (Fsp3) is 1.00. The number of hydrogen-bond acceptors (Lipinski definition) is 2. The van der Waals surface area contributed by atoms with Crippen LogP contribution in [0.3, 0.4) is 0 Å². The highest BCUT2D eigenvalue weighted by atomic mass is 16.5. The minimum absolute atomic E-state index is 0.00868. The molecule has 1 spiro atoms. The molecule has 0 radical (unpaired) electrons. The van der Waals surface area contributed by atoms with Gasteiger partial charge in [0, 0.05) is 0 Å². The van der Waals surface area contributed by atoms with E-state index < -0.39 is 0 Å². The molecule has 70 valence electrons. The molecule has 1 atom stereocenters. The number of ether oxygens (including phenoxy) is 1. The molecule has 0 aromatic rings. The lowest BCUT2D eigenvalue weighted by Crippen LogP contribution is -2.66. The van der Waals surface area contributed by atoms with E-state index in [0.29, 0.717) is 0 Å². The van der Waals surface area contributed by atoms with Gasteiger partial charge in [-0.15, -0.1) is 0 Å². The van der Waals surface area contributed by atoms with E-state index in [-0.39, 0.29) is 16.7 Å². The van der Waals surface area contributed by atoms with Crippen molar-refractivity contribution in [3.8, 4) is 0 Å². The van der Waals surface area contributed by atoms with E-state index in [2.05, 4.69) is 33.0 Å². The summed E-state index contributed by atoms with van der Waals surface area (Å²) in [5.74, 6) is 0. The van der Waals surface area contributed by atoms with Crippen LogP contribution >= 0.6 is 0 Å². The van der Waals surface area contributed by atoms with E-state index in [9.17, 15) is 0 Å². The molecule has 12 heavy (non-hydrogen) atoms. The third kappa shape index (κ3) is 0.944. The monoisotopic (exact) mass is 169 g/mol. The Morgan fingerprint density at radius 1 is 1.17 bits per heavy atom. The standard InChI is InChI=1S/C10H19NO/c1-8(2)7-10(5-6-11-10)9(3,4)12-8/h11H,5-7H2,1-4H3. The molecule has 2 saturated heterocycles. The molecule has 1 unspecified atom stereocenters. The van der Waals surface area contributed by atoms with Crippen LogP contribution in [0.4, 0.5) is 0 Å². The Hall–Kier alpha value is -0.0800. The number of nitrogens with one attached hydrogen (secondary N) is 1. The van der Waals surface area contributed by atoms with Crippen molar-refractivity contribution in [2.24, 2.45) is 0 Å². The predicted molar refractivity (Wildman–Crippen MR) is 49.2 cm³/mol. The maximum Gasteiger partial charge on any atom is 0.0816 e. The van der Waals surface area contributed by atoms with Crippen molar-refractivity contribution in [3.05, 3.63) is 0 Å². The van der Waals surface area contributed by atoms with Gasteiger partial charge in [0.05, 0.1) is 16.7 Å². The topological polar surface area (TPSA) is 21.3 Å². The molecule has 2 heterocycles. The lowest BCUT2D eigenvalue weighted by molar-refractivity contribution is -0.0927. The second kappa shape index (κ2) is 2.05. The zero-order chi connectivity index (χ0) is 9.04. The SMILES string of the molecule is CC1(C)CC2(CCN2)C(C)(C)O1. The summed E-state index contributed by atoms with van der Waals surface area (Å²) in [5, 5.41) is 3.54. The van der Waals surface area contributed by atoms with Crippen LogP contribution in [0.25, 0.3) is 0 Å². The molecular weight excluding hydrogens is 150 g/mol. The fourth-order valence-corrected chi connectivity index (χ4v) is 2.86. The third-order valence-electron chi connectivity index (χ3n) is 3.43. The summed E-state index contributed by atoms with van der Waals surface area (Å²) in [6.07, 6.45) is 2.41.